The van der Waals surface area contributed by atoms with Crippen LogP contribution in [-0.4, -0.2) is 49.1 Å². The minimum atomic E-state index is 1.01. The molecule has 0 spiro atoms. The Morgan fingerprint density at radius 3 is 1.88 bits per heavy atom. The summed E-state index contributed by atoms with van der Waals surface area (Å²) in [4.78, 5) is 5.55. The molecule has 2 bridgehead atoms. The van der Waals surface area contributed by atoms with Crippen molar-refractivity contribution in [2.75, 3.05) is 39.3 Å². The van der Waals surface area contributed by atoms with Crippen LogP contribution in [0, 0.1) is 35.5 Å². The molecule has 152 valence electrons. The van der Waals surface area contributed by atoms with Crippen molar-refractivity contribution in [3.63, 3.8) is 0 Å². The molecule has 0 aromatic rings. The van der Waals surface area contributed by atoms with Crippen molar-refractivity contribution in [3.05, 3.63) is 0 Å². The number of hydrogen-bond acceptors (Lipinski definition) is 2. The third-order valence-corrected chi connectivity index (χ3v) is 8.33. The fourth-order valence-electron chi connectivity index (χ4n) is 6.99. The molecule has 0 aromatic heterocycles. The van der Waals surface area contributed by atoms with Crippen molar-refractivity contribution in [3.8, 4) is 0 Å². The predicted octanol–water partition coefficient (Wildman–Crippen LogP) is 5.53. The summed E-state index contributed by atoms with van der Waals surface area (Å²) in [5.41, 5.74) is 0. The number of fused-ring (bicyclic) bond motifs is 5. The maximum atomic E-state index is 2.77. The molecule has 3 saturated carbocycles. The van der Waals surface area contributed by atoms with E-state index in [0.29, 0.717) is 0 Å². The maximum absolute atomic E-state index is 2.77. The van der Waals surface area contributed by atoms with Gasteiger partial charge in [-0.05, 0) is 100 Å². The third-order valence-electron chi connectivity index (χ3n) is 8.33. The molecule has 0 amide bonds. The van der Waals surface area contributed by atoms with E-state index >= 15 is 0 Å². The van der Waals surface area contributed by atoms with Crippen LogP contribution in [0.25, 0.3) is 0 Å². The van der Waals surface area contributed by atoms with Crippen LogP contribution in [0.4, 0.5) is 0 Å². The lowest BCUT2D eigenvalue weighted by molar-refractivity contribution is 0.0982. The maximum Gasteiger partial charge on any atom is 0.00124 e. The molecule has 0 N–H and O–H groups in total. The van der Waals surface area contributed by atoms with Crippen LogP contribution in [0.15, 0.2) is 0 Å². The van der Waals surface area contributed by atoms with Gasteiger partial charge in [-0.3, -0.25) is 0 Å². The van der Waals surface area contributed by atoms with E-state index in [2.05, 4.69) is 37.5 Å². The largest absolute Gasteiger partial charge is 0.303 e. The molecule has 0 radical (unpaired) electrons. The molecule has 2 nitrogen and oxygen atoms in total. The van der Waals surface area contributed by atoms with E-state index in [1.54, 1.807) is 19.3 Å². The molecule has 6 atom stereocenters. The minimum Gasteiger partial charge on any atom is -0.303 e. The van der Waals surface area contributed by atoms with Gasteiger partial charge in [-0.25, -0.2) is 0 Å². The molecule has 6 unspecified atom stereocenters. The normalized spacial score (nSPS) is 35.8. The van der Waals surface area contributed by atoms with Gasteiger partial charge in [0.1, 0.15) is 0 Å². The van der Waals surface area contributed by atoms with Gasteiger partial charge in [0.15, 0.2) is 0 Å². The lowest BCUT2D eigenvalue weighted by atomic mass is 9.72. The first kappa shape index (κ1) is 20.6. The van der Waals surface area contributed by atoms with Gasteiger partial charge in [0.25, 0.3) is 0 Å². The van der Waals surface area contributed by atoms with E-state index in [1.165, 1.54) is 71.4 Å². The van der Waals surface area contributed by atoms with Crippen molar-refractivity contribution in [2.45, 2.75) is 79.1 Å². The third kappa shape index (κ3) is 4.49. The molecule has 3 aliphatic rings. The highest BCUT2D eigenvalue weighted by molar-refractivity contribution is 5.06. The van der Waals surface area contributed by atoms with Gasteiger partial charge < -0.3 is 9.80 Å². The summed E-state index contributed by atoms with van der Waals surface area (Å²) in [6.45, 7) is 17.4. The standard InChI is InChI=1S/C24H46N2/c1-5-9-13-25(7-3)17-19-11-12-22-20-15-21(23(16-20)24(19)22)18-26(8-4)14-10-6-2/h19-24H,5-18H2,1-4H3. The fourth-order valence-corrected chi connectivity index (χ4v) is 6.99. The Morgan fingerprint density at radius 1 is 0.692 bits per heavy atom. The highest BCUT2D eigenvalue weighted by Gasteiger charge is 2.56. The van der Waals surface area contributed by atoms with E-state index in [-0.39, 0.29) is 0 Å². The predicted molar refractivity (Wildman–Crippen MR) is 113 cm³/mol. The molecule has 3 fully saturated rings. The van der Waals surface area contributed by atoms with Gasteiger partial charge in [0.2, 0.25) is 0 Å². The van der Waals surface area contributed by atoms with Gasteiger partial charge in [-0.2, -0.15) is 0 Å². The summed E-state index contributed by atoms with van der Waals surface area (Å²) >= 11 is 0. The Bertz CT molecular complexity index is 409. The lowest BCUT2D eigenvalue weighted by Crippen LogP contribution is -2.39. The molecule has 26 heavy (non-hydrogen) atoms. The molecular weight excluding hydrogens is 316 g/mol. The van der Waals surface area contributed by atoms with Crippen LogP contribution in [-0.2, 0) is 0 Å². The van der Waals surface area contributed by atoms with Crippen molar-refractivity contribution in [1.29, 1.82) is 0 Å². The van der Waals surface area contributed by atoms with Crippen LogP contribution in [0.1, 0.15) is 79.1 Å². The van der Waals surface area contributed by atoms with Crippen molar-refractivity contribution in [1.82, 2.24) is 9.80 Å². The van der Waals surface area contributed by atoms with E-state index in [1.807, 2.05) is 0 Å². The smallest absolute Gasteiger partial charge is 0.00124 e. The zero-order valence-electron chi connectivity index (χ0n) is 18.3. The average molecular weight is 363 g/mol. The first-order chi connectivity index (χ1) is 12.7. The second kappa shape index (κ2) is 9.92. The first-order valence-electron chi connectivity index (χ1n) is 12.2. The summed E-state index contributed by atoms with van der Waals surface area (Å²) in [5, 5.41) is 0. The first-order valence-corrected chi connectivity index (χ1v) is 12.2. The molecule has 0 aliphatic heterocycles. The quantitative estimate of drug-likeness (QED) is 0.450. The Morgan fingerprint density at radius 2 is 1.31 bits per heavy atom. The van der Waals surface area contributed by atoms with Crippen LogP contribution < -0.4 is 0 Å². The highest BCUT2D eigenvalue weighted by atomic mass is 15.1. The Hall–Kier alpha value is -0.0800. The SMILES string of the molecule is CCCCN(CC)CC1CC2CC1C1C(CN(CC)CCCC)CCC21. The van der Waals surface area contributed by atoms with Crippen LogP contribution in [0.2, 0.25) is 0 Å². The average Bonchev–Trinajstić information content (AvgIpc) is 3.34. The highest BCUT2D eigenvalue weighted by Crippen LogP contribution is 2.62. The molecular formula is C24H46N2. The van der Waals surface area contributed by atoms with Gasteiger partial charge in [-0.1, -0.05) is 40.5 Å². The molecule has 0 saturated heterocycles. The monoisotopic (exact) mass is 362 g/mol. The molecule has 0 heterocycles. The van der Waals surface area contributed by atoms with Crippen molar-refractivity contribution >= 4 is 0 Å². The van der Waals surface area contributed by atoms with Gasteiger partial charge in [-0.15, -0.1) is 0 Å². The summed E-state index contributed by atoms with van der Waals surface area (Å²) in [7, 11) is 0. The number of rotatable bonds is 12. The second-order valence-corrected chi connectivity index (χ2v) is 9.73. The van der Waals surface area contributed by atoms with Crippen LogP contribution in [0.3, 0.4) is 0 Å². The van der Waals surface area contributed by atoms with Gasteiger partial charge >= 0.3 is 0 Å². The fraction of sp³-hybridized carbons (Fsp3) is 1.00. The number of nitrogens with zero attached hydrogens (tertiary/aromatic N) is 2. The van der Waals surface area contributed by atoms with E-state index in [9.17, 15) is 0 Å². The zero-order chi connectivity index (χ0) is 18.5. The van der Waals surface area contributed by atoms with Gasteiger partial charge in [0.05, 0.1) is 0 Å². The minimum absolute atomic E-state index is 1.01. The Labute approximate surface area is 164 Å². The summed E-state index contributed by atoms with van der Waals surface area (Å²) in [5.74, 6) is 6.38. The summed E-state index contributed by atoms with van der Waals surface area (Å²) < 4.78 is 0. The zero-order valence-corrected chi connectivity index (χ0v) is 18.3. The molecule has 3 aliphatic carbocycles. The molecule has 3 rings (SSSR count). The van der Waals surface area contributed by atoms with Crippen LogP contribution >= 0.6 is 0 Å². The summed E-state index contributed by atoms with van der Waals surface area (Å²) in [6.07, 6.45) is 11.7. The second-order valence-electron chi connectivity index (χ2n) is 9.73. The van der Waals surface area contributed by atoms with Crippen molar-refractivity contribution < 1.29 is 0 Å². The van der Waals surface area contributed by atoms with E-state index in [4.69, 9.17) is 0 Å². The van der Waals surface area contributed by atoms with E-state index in [0.717, 1.165) is 35.5 Å². The number of hydrogen-bond donors (Lipinski definition) is 0. The number of unbranched alkanes of at least 4 members (excludes halogenated alkanes) is 2. The summed E-state index contributed by atoms with van der Waals surface area (Å²) in [6, 6.07) is 0. The topological polar surface area (TPSA) is 6.48 Å². The Balaban J connectivity index is 1.57. The van der Waals surface area contributed by atoms with Crippen LogP contribution in [0.5, 0.6) is 0 Å². The lowest BCUT2D eigenvalue weighted by Gasteiger charge is -2.38. The van der Waals surface area contributed by atoms with Gasteiger partial charge in [0, 0.05) is 13.1 Å². The Kier molecular flexibility index (Phi) is 7.88. The molecule has 2 heteroatoms. The van der Waals surface area contributed by atoms with E-state index < -0.39 is 0 Å². The molecule has 0 aromatic carbocycles. The van der Waals surface area contributed by atoms with Crippen molar-refractivity contribution in [2.24, 2.45) is 35.5 Å².